The fraction of sp³-hybridized carbons (Fsp3) is 0.533. The van der Waals surface area contributed by atoms with E-state index in [-0.39, 0.29) is 12.0 Å². The maximum absolute atomic E-state index is 11.0. The van der Waals surface area contributed by atoms with Crippen LogP contribution in [0.5, 0.6) is 5.75 Å². The van der Waals surface area contributed by atoms with E-state index in [1.807, 2.05) is 12.1 Å². The third-order valence-corrected chi connectivity index (χ3v) is 3.76. The number of carbonyl (C=O) groups is 1. The zero-order valence-corrected chi connectivity index (χ0v) is 11.6. The van der Waals surface area contributed by atoms with E-state index < -0.39 is 5.97 Å². The molecule has 2 N–H and O–H groups in total. The summed E-state index contributed by atoms with van der Waals surface area (Å²) in [4.78, 5) is 11.0. The summed E-state index contributed by atoms with van der Waals surface area (Å²) < 4.78 is 5.56. The number of benzene rings is 1. The normalized spacial score (nSPS) is 22.7. The van der Waals surface area contributed by atoms with Gasteiger partial charge in [0.1, 0.15) is 5.75 Å². The number of carboxylic acids is 1. The number of para-hydroxylation sites is 1. The molecule has 0 aliphatic carbocycles. The molecule has 4 nitrogen and oxygen atoms in total. The van der Waals surface area contributed by atoms with Crippen LogP contribution in [0.1, 0.15) is 43.4 Å². The molecule has 1 aliphatic rings. The van der Waals surface area contributed by atoms with Gasteiger partial charge in [-0.25, -0.2) is 0 Å². The number of rotatable bonds is 4. The Labute approximate surface area is 113 Å². The van der Waals surface area contributed by atoms with Gasteiger partial charge in [0.05, 0.1) is 13.0 Å². The summed E-state index contributed by atoms with van der Waals surface area (Å²) in [6.45, 7) is 4.78. The molecular formula is C15H21NO3. The molecule has 2 unspecified atom stereocenters. The van der Waals surface area contributed by atoms with E-state index in [1.165, 1.54) is 5.56 Å². The minimum Gasteiger partial charge on any atom is -0.496 e. The fourth-order valence-electron chi connectivity index (χ4n) is 2.70. The van der Waals surface area contributed by atoms with Crippen molar-refractivity contribution in [3.8, 4) is 5.75 Å². The summed E-state index contributed by atoms with van der Waals surface area (Å²) in [6.07, 6.45) is 0.618. The van der Waals surface area contributed by atoms with Crippen molar-refractivity contribution in [1.82, 2.24) is 5.32 Å². The minimum atomic E-state index is -0.728. The predicted octanol–water partition coefficient (Wildman–Crippen LogP) is 2.55. The van der Waals surface area contributed by atoms with Crippen LogP contribution in [0, 0.1) is 5.92 Å². The highest BCUT2D eigenvalue weighted by Gasteiger charge is 2.32. The second kappa shape index (κ2) is 5.61. The largest absolute Gasteiger partial charge is 0.496 e. The van der Waals surface area contributed by atoms with Crippen LogP contribution in [-0.4, -0.2) is 24.7 Å². The quantitative estimate of drug-likeness (QED) is 0.876. The van der Waals surface area contributed by atoms with Crippen LogP contribution in [0.25, 0.3) is 0 Å². The highest BCUT2D eigenvalue weighted by molar-refractivity contribution is 5.71. The summed E-state index contributed by atoms with van der Waals surface area (Å²) in [6, 6.07) is 6.17. The molecule has 1 aromatic rings. The van der Waals surface area contributed by atoms with E-state index in [0.29, 0.717) is 18.9 Å². The first kappa shape index (κ1) is 13.9. The Morgan fingerprint density at radius 3 is 2.74 bits per heavy atom. The summed E-state index contributed by atoms with van der Waals surface area (Å²) in [7, 11) is 1.67. The SMILES string of the molecule is COc1c(C(C)C)cccc1C1CC(C(=O)O)CN1. The topological polar surface area (TPSA) is 58.6 Å². The molecule has 0 spiro atoms. The van der Waals surface area contributed by atoms with Crippen LogP contribution in [-0.2, 0) is 4.79 Å². The molecule has 0 bridgehead atoms. The average Bonchev–Trinajstić information content (AvgIpc) is 2.87. The van der Waals surface area contributed by atoms with Gasteiger partial charge in [0.15, 0.2) is 0 Å². The lowest BCUT2D eigenvalue weighted by Gasteiger charge is -2.19. The average molecular weight is 263 g/mol. The first-order valence-electron chi connectivity index (χ1n) is 6.67. The second-order valence-electron chi connectivity index (χ2n) is 5.36. The number of nitrogens with one attached hydrogen (secondary N) is 1. The summed E-state index contributed by atoms with van der Waals surface area (Å²) in [5.74, 6) is 0.235. The Bertz CT molecular complexity index is 470. The number of ether oxygens (including phenoxy) is 1. The van der Waals surface area contributed by atoms with Crippen molar-refractivity contribution in [2.24, 2.45) is 5.92 Å². The van der Waals surface area contributed by atoms with Crippen LogP contribution >= 0.6 is 0 Å². The van der Waals surface area contributed by atoms with Crippen molar-refractivity contribution in [3.63, 3.8) is 0 Å². The van der Waals surface area contributed by atoms with Gasteiger partial charge in [0.25, 0.3) is 0 Å². The molecular weight excluding hydrogens is 242 g/mol. The lowest BCUT2D eigenvalue weighted by molar-refractivity contribution is -0.141. The number of carboxylic acid groups (broad SMARTS) is 1. The number of methoxy groups -OCH3 is 1. The molecule has 1 aliphatic heterocycles. The second-order valence-corrected chi connectivity index (χ2v) is 5.36. The highest BCUT2D eigenvalue weighted by Crippen LogP contribution is 2.37. The molecule has 19 heavy (non-hydrogen) atoms. The third kappa shape index (κ3) is 2.73. The van der Waals surface area contributed by atoms with Gasteiger partial charge in [-0.2, -0.15) is 0 Å². The van der Waals surface area contributed by atoms with E-state index >= 15 is 0 Å². The smallest absolute Gasteiger partial charge is 0.307 e. The van der Waals surface area contributed by atoms with E-state index in [4.69, 9.17) is 9.84 Å². The first-order valence-corrected chi connectivity index (χ1v) is 6.67. The molecule has 2 atom stereocenters. The molecule has 1 aromatic carbocycles. The maximum atomic E-state index is 11.0. The number of hydrogen-bond donors (Lipinski definition) is 2. The Hall–Kier alpha value is -1.55. The number of aliphatic carboxylic acids is 1. The van der Waals surface area contributed by atoms with Crippen LogP contribution in [0.2, 0.25) is 0 Å². The Kier molecular flexibility index (Phi) is 4.10. The fourth-order valence-corrected chi connectivity index (χ4v) is 2.70. The van der Waals surface area contributed by atoms with Gasteiger partial charge in [-0.05, 0) is 17.9 Å². The Morgan fingerprint density at radius 1 is 1.47 bits per heavy atom. The zero-order chi connectivity index (χ0) is 14.0. The standard InChI is InChI=1S/C15H21NO3/c1-9(2)11-5-4-6-12(14(11)19-3)13-7-10(8-16-13)15(17)18/h4-6,9-10,13,16H,7-8H2,1-3H3,(H,17,18). The summed E-state index contributed by atoms with van der Waals surface area (Å²) >= 11 is 0. The van der Waals surface area contributed by atoms with Crippen molar-refractivity contribution in [3.05, 3.63) is 29.3 Å². The van der Waals surface area contributed by atoms with Gasteiger partial charge in [-0.1, -0.05) is 32.0 Å². The van der Waals surface area contributed by atoms with Gasteiger partial charge in [-0.3, -0.25) is 4.79 Å². The Balaban J connectivity index is 2.30. The molecule has 4 heteroatoms. The molecule has 0 aromatic heterocycles. The van der Waals surface area contributed by atoms with E-state index in [2.05, 4.69) is 25.2 Å². The van der Waals surface area contributed by atoms with Gasteiger partial charge in [0.2, 0.25) is 0 Å². The summed E-state index contributed by atoms with van der Waals surface area (Å²) in [5, 5.41) is 12.4. The molecule has 1 heterocycles. The lowest BCUT2D eigenvalue weighted by Crippen LogP contribution is -2.17. The maximum Gasteiger partial charge on any atom is 0.307 e. The van der Waals surface area contributed by atoms with E-state index in [0.717, 1.165) is 11.3 Å². The minimum absolute atomic E-state index is 0.0646. The Morgan fingerprint density at radius 2 is 2.21 bits per heavy atom. The van der Waals surface area contributed by atoms with Crippen LogP contribution in [0.3, 0.4) is 0 Å². The first-order chi connectivity index (χ1) is 9.04. The van der Waals surface area contributed by atoms with Crippen LogP contribution < -0.4 is 10.1 Å². The van der Waals surface area contributed by atoms with Gasteiger partial charge >= 0.3 is 5.97 Å². The van der Waals surface area contributed by atoms with E-state index in [9.17, 15) is 4.79 Å². The van der Waals surface area contributed by atoms with Gasteiger partial charge in [-0.15, -0.1) is 0 Å². The molecule has 0 amide bonds. The van der Waals surface area contributed by atoms with Crippen molar-refractivity contribution >= 4 is 5.97 Å². The molecule has 1 fully saturated rings. The van der Waals surface area contributed by atoms with Crippen LogP contribution in [0.15, 0.2) is 18.2 Å². The third-order valence-electron chi connectivity index (χ3n) is 3.76. The molecule has 0 radical (unpaired) electrons. The number of hydrogen-bond acceptors (Lipinski definition) is 3. The van der Waals surface area contributed by atoms with Crippen molar-refractivity contribution in [1.29, 1.82) is 0 Å². The van der Waals surface area contributed by atoms with Crippen molar-refractivity contribution in [2.75, 3.05) is 13.7 Å². The summed E-state index contributed by atoms with van der Waals surface area (Å²) in [5.41, 5.74) is 2.23. The predicted molar refractivity (Wildman–Crippen MR) is 73.6 cm³/mol. The van der Waals surface area contributed by atoms with Gasteiger partial charge in [0, 0.05) is 18.2 Å². The van der Waals surface area contributed by atoms with Gasteiger partial charge < -0.3 is 15.2 Å². The van der Waals surface area contributed by atoms with Crippen molar-refractivity contribution < 1.29 is 14.6 Å². The zero-order valence-electron chi connectivity index (χ0n) is 11.6. The monoisotopic (exact) mass is 263 g/mol. The molecule has 1 saturated heterocycles. The van der Waals surface area contributed by atoms with Crippen LogP contribution in [0.4, 0.5) is 0 Å². The molecule has 0 saturated carbocycles. The molecule has 2 rings (SSSR count). The lowest BCUT2D eigenvalue weighted by atomic mass is 9.93. The molecule has 104 valence electrons. The highest BCUT2D eigenvalue weighted by atomic mass is 16.5. The van der Waals surface area contributed by atoms with E-state index in [1.54, 1.807) is 7.11 Å². The van der Waals surface area contributed by atoms with Crippen molar-refractivity contribution in [2.45, 2.75) is 32.2 Å².